The SMILES string of the molecule is CCN(CC(=O)OC)Cc1sc2ccccc2c1Cl. The number of thiophene rings is 1. The zero-order valence-electron chi connectivity index (χ0n) is 11.0. The average Bonchev–Trinajstić information content (AvgIpc) is 2.75. The van der Waals surface area contributed by atoms with Gasteiger partial charge in [0.1, 0.15) is 0 Å². The summed E-state index contributed by atoms with van der Waals surface area (Å²) in [4.78, 5) is 14.4. The van der Waals surface area contributed by atoms with Crippen molar-refractivity contribution in [2.75, 3.05) is 20.2 Å². The Kier molecular flexibility index (Phi) is 4.80. The van der Waals surface area contributed by atoms with Gasteiger partial charge in [-0.3, -0.25) is 9.69 Å². The van der Waals surface area contributed by atoms with Crippen LogP contribution < -0.4 is 0 Å². The summed E-state index contributed by atoms with van der Waals surface area (Å²) in [6.07, 6.45) is 0. The Hall–Kier alpha value is -1.10. The summed E-state index contributed by atoms with van der Waals surface area (Å²) in [6.45, 7) is 3.76. The van der Waals surface area contributed by atoms with Crippen molar-refractivity contribution < 1.29 is 9.53 Å². The van der Waals surface area contributed by atoms with Crippen LogP contribution in [-0.4, -0.2) is 31.1 Å². The Morgan fingerprint density at radius 2 is 2.16 bits per heavy atom. The fraction of sp³-hybridized carbons (Fsp3) is 0.357. The number of carbonyl (C=O) groups is 1. The van der Waals surface area contributed by atoms with E-state index in [1.165, 1.54) is 11.8 Å². The van der Waals surface area contributed by atoms with Crippen molar-refractivity contribution in [3.05, 3.63) is 34.2 Å². The second kappa shape index (κ2) is 6.37. The number of likely N-dealkylation sites (N-methyl/N-ethyl adjacent to an activating group) is 1. The minimum absolute atomic E-state index is 0.223. The van der Waals surface area contributed by atoms with E-state index in [4.69, 9.17) is 16.3 Å². The predicted molar refractivity (Wildman–Crippen MR) is 79.8 cm³/mol. The molecule has 0 saturated carbocycles. The summed E-state index contributed by atoms with van der Waals surface area (Å²) in [5, 5.41) is 1.88. The van der Waals surface area contributed by atoms with E-state index < -0.39 is 0 Å². The van der Waals surface area contributed by atoms with E-state index in [1.54, 1.807) is 11.3 Å². The molecule has 0 radical (unpaired) electrons. The maximum atomic E-state index is 11.3. The number of hydrogen-bond acceptors (Lipinski definition) is 4. The molecule has 2 rings (SSSR count). The normalized spacial score (nSPS) is 11.2. The van der Waals surface area contributed by atoms with Gasteiger partial charge in [0.15, 0.2) is 0 Å². The van der Waals surface area contributed by atoms with Crippen molar-refractivity contribution in [1.82, 2.24) is 4.90 Å². The van der Waals surface area contributed by atoms with Crippen molar-refractivity contribution >= 4 is 39.0 Å². The lowest BCUT2D eigenvalue weighted by atomic mass is 10.2. The second-order valence-electron chi connectivity index (χ2n) is 4.21. The molecule has 1 aromatic carbocycles. The number of methoxy groups -OCH3 is 1. The van der Waals surface area contributed by atoms with Gasteiger partial charge < -0.3 is 4.74 Å². The Balaban J connectivity index is 2.19. The van der Waals surface area contributed by atoms with E-state index in [0.717, 1.165) is 21.8 Å². The van der Waals surface area contributed by atoms with Crippen molar-refractivity contribution in [3.8, 4) is 0 Å². The molecule has 0 spiro atoms. The van der Waals surface area contributed by atoms with Crippen molar-refractivity contribution in [2.24, 2.45) is 0 Å². The molecule has 0 N–H and O–H groups in total. The van der Waals surface area contributed by atoms with Gasteiger partial charge in [-0.1, -0.05) is 36.7 Å². The summed E-state index contributed by atoms with van der Waals surface area (Å²) in [7, 11) is 1.41. The quantitative estimate of drug-likeness (QED) is 0.791. The Bertz CT molecular complexity index is 582. The lowest BCUT2D eigenvalue weighted by Crippen LogP contribution is -2.29. The number of fused-ring (bicyclic) bond motifs is 1. The van der Waals surface area contributed by atoms with E-state index in [2.05, 4.69) is 6.07 Å². The molecule has 0 aliphatic rings. The summed E-state index contributed by atoms with van der Waals surface area (Å²) >= 11 is 8.07. The van der Waals surface area contributed by atoms with Crippen LogP contribution in [0.1, 0.15) is 11.8 Å². The molecule has 19 heavy (non-hydrogen) atoms. The van der Waals surface area contributed by atoms with Crippen LogP contribution >= 0.6 is 22.9 Å². The van der Waals surface area contributed by atoms with Crippen LogP contribution in [0.15, 0.2) is 24.3 Å². The molecule has 0 fully saturated rings. The minimum Gasteiger partial charge on any atom is -0.468 e. The van der Waals surface area contributed by atoms with Crippen molar-refractivity contribution in [1.29, 1.82) is 0 Å². The van der Waals surface area contributed by atoms with E-state index >= 15 is 0 Å². The van der Waals surface area contributed by atoms with Gasteiger partial charge in [-0.25, -0.2) is 0 Å². The first-order valence-corrected chi connectivity index (χ1v) is 7.30. The third kappa shape index (κ3) is 3.26. The second-order valence-corrected chi connectivity index (χ2v) is 5.73. The van der Waals surface area contributed by atoms with E-state index in [0.29, 0.717) is 6.54 Å². The monoisotopic (exact) mass is 297 g/mol. The van der Waals surface area contributed by atoms with Gasteiger partial charge in [-0.15, -0.1) is 11.3 Å². The lowest BCUT2D eigenvalue weighted by Gasteiger charge is -2.18. The van der Waals surface area contributed by atoms with Crippen molar-refractivity contribution in [3.63, 3.8) is 0 Å². The zero-order valence-corrected chi connectivity index (χ0v) is 12.6. The number of nitrogens with zero attached hydrogens (tertiary/aromatic N) is 1. The molecule has 5 heteroatoms. The first kappa shape index (κ1) is 14.3. The third-order valence-corrected chi connectivity index (χ3v) is 4.70. The largest absolute Gasteiger partial charge is 0.468 e. The van der Waals surface area contributed by atoms with Crippen LogP contribution in [0.3, 0.4) is 0 Å². The van der Waals surface area contributed by atoms with Gasteiger partial charge in [0.05, 0.1) is 18.7 Å². The maximum absolute atomic E-state index is 11.3. The predicted octanol–water partition coefficient (Wildman–Crippen LogP) is 3.55. The molecule has 3 nitrogen and oxygen atoms in total. The van der Waals surface area contributed by atoms with Gasteiger partial charge in [0.2, 0.25) is 0 Å². The van der Waals surface area contributed by atoms with E-state index in [9.17, 15) is 4.79 Å². The molecule has 0 aliphatic carbocycles. The third-order valence-electron chi connectivity index (χ3n) is 3.00. The number of esters is 1. The van der Waals surface area contributed by atoms with Crippen molar-refractivity contribution in [2.45, 2.75) is 13.5 Å². The highest BCUT2D eigenvalue weighted by Gasteiger charge is 2.15. The molecule has 0 saturated heterocycles. The zero-order chi connectivity index (χ0) is 13.8. The van der Waals surface area contributed by atoms with Crippen LogP contribution in [0.25, 0.3) is 10.1 Å². The Morgan fingerprint density at radius 1 is 1.42 bits per heavy atom. The van der Waals surface area contributed by atoms with Gasteiger partial charge in [-0.05, 0) is 12.6 Å². The molecule has 0 amide bonds. The highest BCUT2D eigenvalue weighted by molar-refractivity contribution is 7.19. The Labute approximate surface area is 121 Å². The molecule has 0 bridgehead atoms. The summed E-state index contributed by atoms with van der Waals surface area (Å²) in [6, 6.07) is 8.07. The summed E-state index contributed by atoms with van der Waals surface area (Å²) in [5.41, 5.74) is 0. The van der Waals surface area contributed by atoms with Gasteiger partial charge in [0, 0.05) is 21.5 Å². The number of carbonyl (C=O) groups excluding carboxylic acids is 1. The number of hydrogen-bond donors (Lipinski definition) is 0. The van der Waals surface area contributed by atoms with Crippen LogP contribution in [0, 0.1) is 0 Å². The Morgan fingerprint density at radius 3 is 2.79 bits per heavy atom. The maximum Gasteiger partial charge on any atom is 0.319 e. The lowest BCUT2D eigenvalue weighted by molar-refractivity contribution is -0.142. The van der Waals surface area contributed by atoms with E-state index in [-0.39, 0.29) is 12.5 Å². The molecule has 102 valence electrons. The minimum atomic E-state index is -0.223. The molecule has 1 aromatic heterocycles. The summed E-state index contributed by atoms with van der Waals surface area (Å²) < 4.78 is 5.88. The smallest absolute Gasteiger partial charge is 0.319 e. The average molecular weight is 298 g/mol. The number of benzene rings is 1. The number of rotatable bonds is 5. The summed E-state index contributed by atoms with van der Waals surface area (Å²) in [5.74, 6) is -0.223. The first-order valence-electron chi connectivity index (χ1n) is 6.10. The van der Waals surface area contributed by atoms with Crippen LogP contribution in [0.5, 0.6) is 0 Å². The standard InChI is InChI=1S/C14H16ClNO2S/c1-3-16(9-13(17)18-2)8-12-14(15)10-6-4-5-7-11(10)19-12/h4-7H,3,8-9H2,1-2H3. The molecule has 1 heterocycles. The molecule has 2 aromatic rings. The van der Waals surface area contributed by atoms with Gasteiger partial charge >= 0.3 is 5.97 Å². The van der Waals surface area contributed by atoms with Crippen LogP contribution in [0.2, 0.25) is 5.02 Å². The highest BCUT2D eigenvalue weighted by Crippen LogP contribution is 2.35. The molecular formula is C14H16ClNO2S. The molecule has 0 aliphatic heterocycles. The van der Waals surface area contributed by atoms with Crippen LogP contribution in [0.4, 0.5) is 0 Å². The fourth-order valence-corrected chi connectivity index (χ4v) is 3.43. The van der Waals surface area contributed by atoms with Gasteiger partial charge in [0.25, 0.3) is 0 Å². The number of halogens is 1. The first-order chi connectivity index (χ1) is 9.15. The highest BCUT2D eigenvalue weighted by atomic mass is 35.5. The molecule has 0 unspecified atom stereocenters. The molecule has 0 atom stereocenters. The van der Waals surface area contributed by atoms with Crippen LogP contribution in [-0.2, 0) is 16.1 Å². The molecular weight excluding hydrogens is 282 g/mol. The fourth-order valence-electron chi connectivity index (χ4n) is 1.90. The van der Waals surface area contributed by atoms with E-state index in [1.807, 2.05) is 30.0 Å². The van der Waals surface area contributed by atoms with Gasteiger partial charge in [-0.2, -0.15) is 0 Å². The number of ether oxygens (including phenoxy) is 1. The topological polar surface area (TPSA) is 29.5 Å².